The second-order valence-electron chi connectivity index (χ2n) is 7.41. The molecule has 1 aliphatic rings. The molecule has 0 spiro atoms. The molecule has 6 nitrogen and oxygen atoms in total. The van der Waals surface area contributed by atoms with Crippen LogP contribution in [0.2, 0.25) is 0 Å². The lowest BCUT2D eigenvalue weighted by molar-refractivity contribution is -0.129. The molecular weight excluding hydrogens is 390 g/mol. The fourth-order valence-electron chi connectivity index (χ4n) is 3.81. The summed E-state index contributed by atoms with van der Waals surface area (Å²) in [5, 5.41) is 10.6. The smallest absolute Gasteiger partial charge is 0.290 e. The van der Waals surface area contributed by atoms with E-state index in [4.69, 9.17) is 0 Å². The number of aromatic nitrogens is 1. The number of aliphatic hydroxyl groups excluding tert-OH is 1. The Morgan fingerprint density at radius 2 is 1.84 bits per heavy atom. The Kier molecular flexibility index (Phi) is 7.73. The lowest BCUT2D eigenvalue weighted by Crippen LogP contribution is -2.34. The van der Waals surface area contributed by atoms with Crippen LogP contribution in [0.5, 0.6) is 0 Å². The van der Waals surface area contributed by atoms with Gasteiger partial charge in [-0.2, -0.15) is 0 Å². The summed E-state index contributed by atoms with van der Waals surface area (Å²) in [6, 6.07) is 14.1. The van der Waals surface area contributed by atoms with Crippen LogP contribution in [0.15, 0.2) is 72.1 Å². The van der Waals surface area contributed by atoms with Gasteiger partial charge < -0.3 is 14.9 Å². The van der Waals surface area contributed by atoms with E-state index in [9.17, 15) is 14.7 Å². The molecule has 1 aliphatic heterocycles. The standard InChI is InChI=1S/C25H29N3O3/c1-3-27(4-2)17-10-18-28-23(20-13-8-9-16-26-20)22(24(30)25(28)31)21(29)15-14-19-11-6-5-7-12-19/h5-9,11-16,23,30H,3-4,10,17-18H2,1-2H3/b15-14+. The first-order valence-corrected chi connectivity index (χ1v) is 10.7. The van der Waals surface area contributed by atoms with Crippen LogP contribution in [0.1, 0.15) is 37.6 Å². The zero-order valence-electron chi connectivity index (χ0n) is 18.1. The van der Waals surface area contributed by atoms with E-state index >= 15 is 0 Å². The van der Waals surface area contributed by atoms with Crippen LogP contribution in [-0.2, 0) is 9.59 Å². The number of allylic oxidation sites excluding steroid dienone is 1. The highest BCUT2D eigenvalue weighted by Gasteiger charge is 2.43. The van der Waals surface area contributed by atoms with Crippen molar-refractivity contribution in [1.82, 2.24) is 14.8 Å². The van der Waals surface area contributed by atoms with Gasteiger partial charge in [0.25, 0.3) is 5.91 Å². The molecule has 2 heterocycles. The van der Waals surface area contributed by atoms with Gasteiger partial charge in [0.15, 0.2) is 11.5 Å². The minimum Gasteiger partial charge on any atom is -0.503 e. The summed E-state index contributed by atoms with van der Waals surface area (Å²) >= 11 is 0. The Balaban J connectivity index is 1.86. The van der Waals surface area contributed by atoms with Gasteiger partial charge in [-0.1, -0.05) is 56.3 Å². The van der Waals surface area contributed by atoms with Gasteiger partial charge >= 0.3 is 0 Å². The molecule has 1 N–H and O–H groups in total. The Bertz CT molecular complexity index is 950. The molecule has 162 valence electrons. The topological polar surface area (TPSA) is 73.7 Å². The number of amides is 1. The zero-order chi connectivity index (χ0) is 22.2. The Morgan fingerprint density at radius 3 is 2.48 bits per heavy atom. The van der Waals surface area contributed by atoms with Crippen molar-refractivity contribution in [2.75, 3.05) is 26.2 Å². The molecule has 0 aliphatic carbocycles. The molecule has 0 radical (unpaired) electrons. The molecule has 0 bridgehead atoms. The van der Waals surface area contributed by atoms with E-state index in [0.717, 1.165) is 31.6 Å². The first-order valence-electron chi connectivity index (χ1n) is 10.7. The summed E-state index contributed by atoms with van der Waals surface area (Å²) in [5.74, 6) is -1.40. The predicted molar refractivity (Wildman–Crippen MR) is 121 cm³/mol. The van der Waals surface area contributed by atoms with E-state index in [1.807, 2.05) is 36.4 Å². The summed E-state index contributed by atoms with van der Waals surface area (Å²) < 4.78 is 0. The van der Waals surface area contributed by atoms with Gasteiger partial charge in [-0.15, -0.1) is 0 Å². The van der Waals surface area contributed by atoms with Crippen molar-refractivity contribution in [3.63, 3.8) is 0 Å². The lowest BCUT2D eigenvalue weighted by atomic mass is 9.99. The number of aliphatic hydroxyl groups is 1. The maximum absolute atomic E-state index is 13.1. The summed E-state index contributed by atoms with van der Waals surface area (Å²) in [5.41, 5.74) is 1.52. The van der Waals surface area contributed by atoms with Crippen LogP contribution < -0.4 is 0 Å². The lowest BCUT2D eigenvalue weighted by Gasteiger charge is -2.27. The van der Waals surface area contributed by atoms with Crippen LogP contribution in [0, 0.1) is 0 Å². The van der Waals surface area contributed by atoms with Gasteiger partial charge in [0.1, 0.15) is 6.04 Å². The molecule has 1 atom stereocenters. The summed E-state index contributed by atoms with van der Waals surface area (Å²) in [7, 11) is 0. The Hall–Kier alpha value is -3.25. The van der Waals surface area contributed by atoms with Crippen LogP contribution in [0.4, 0.5) is 0 Å². The van der Waals surface area contributed by atoms with Gasteiger partial charge in [-0.3, -0.25) is 14.6 Å². The van der Waals surface area contributed by atoms with Crippen molar-refractivity contribution >= 4 is 17.8 Å². The van der Waals surface area contributed by atoms with E-state index in [2.05, 4.69) is 23.7 Å². The van der Waals surface area contributed by atoms with E-state index in [-0.39, 0.29) is 5.57 Å². The highest BCUT2D eigenvalue weighted by Crippen LogP contribution is 2.37. The van der Waals surface area contributed by atoms with E-state index in [1.165, 1.54) is 6.08 Å². The second-order valence-corrected chi connectivity index (χ2v) is 7.41. The third-order valence-electron chi connectivity index (χ3n) is 5.53. The molecule has 1 aromatic carbocycles. The number of carbonyl (C=O) groups excluding carboxylic acids is 2. The Labute approximate surface area is 183 Å². The monoisotopic (exact) mass is 419 g/mol. The number of pyridine rings is 1. The van der Waals surface area contributed by atoms with Gasteiger partial charge in [0, 0.05) is 12.7 Å². The highest BCUT2D eigenvalue weighted by molar-refractivity contribution is 6.14. The highest BCUT2D eigenvalue weighted by atomic mass is 16.3. The minimum absolute atomic E-state index is 0.0821. The number of ketones is 1. The van der Waals surface area contributed by atoms with E-state index in [0.29, 0.717) is 12.2 Å². The van der Waals surface area contributed by atoms with Crippen molar-refractivity contribution in [3.05, 3.63) is 83.4 Å². The molecule has 0 saturated heterocycles. The van der Waals surface area contributed by atoms with Gasteiger partial charge in [-0.05, 0) is 49.8 Å². The molecule has 0 saturated carbocycles. The summed E-state index contributed by atoms with van der Waals surface area (Å²) in [6.45, 7) is 7.34. The normalized spacial score (nSPS) is 16.7. The predicted octanol–water partition coefficient (Wildman–Crippen LogP) is 3.79. The van der Waals surface area contributed by atoms with Crippen LogP contribution in [-0.4, -0.2) is 57.8 Å². The number of benzene rings is 1. The largest absolute Gasteiger partial charge is 0.503 e. The van der Waals surface area contributed by atoms with Crippen molar-refractivity contribution in [2.24, 2.45) is 0 Å². The molecule has 3 rings (SSSR count). The second kappa shape index (κ2) is 10.7. The molecule has 1 aromatic heterocycles. The number of nitrogens with zero attached hydrogens (tertiary/aromatic N) is 3. The van der Waals surface area contributed by atoms with Gasteiger partial charge in [0.2, 0.25) is 0 Å². The Morgan fingerprint density at radius 1 is 1.13 bits per heavy atom. The first kappa shape index (κ1) is 22.4. The molecule has 2 aromatic rings. The molecular formula is C25H29N3O3. The quantitative estimate of drug-likeness (QED) is 0.593. The maximum Gasteiger partial charge on any atom is 0.290 e. The van der Waals surface area contributed by atoms with Crippen molar-refractivity contribution in [1.29, 1.82) is 0 Å². The first-order chi connectivity index (χ1) is 15.1. The molecule has 1 amide bonds. The average Bonchev–Trinajstić information content (AvgIpc) is 3.06. The van der Waals surface area contributed by atoms with Crippen molar-refractivity contribution in [3.8, 4) is 0 Å². The number of hydrogen-bond donors (Lipinski definition) is 1. The van der Waals surface area contributed by atoms with Crippen molar-refractivity contribution < 1.29 is 14.7 Å². The molecule has 6 heteroatoms. The average molecular weight is 420 g/mol. The third-order valence-corrected chi connectivity index (χ3v) is 5.53. The molecule has 31 heavy (non-hydrogen) atoms. The third kappa shape index (κ3) is 5.27. The van der Waals surface area contributed by atoms with Crippen LogP contribution in [0.3, 0.4) is 0 Å². The van der Waals surface area contributed by atoms with Crippen LogP contribution >= 0.6 is 0 Å². The van der Waals surface area contributed by atoms with E-state index < -0.39 is 23.5 Å². The van der Waals surface area contributed by atoms with Crippen LogP contribution in [0.25, 0.3) is 6.08 Å². The maximum atomic E-state index is 13.1. The number of hydrogen-bond acceptors (Lipinski definition) is 5. The number of carbonyl (C=O) groups is 2. The minimum atomic E-state index is -0.696. The van der Waals surface area contributed by atoms with Crippen molar-refractivity contribution in [2.45, 2.75) is 26.3 Å². The number of rotatable bonds is 10. The zero-order valence-corrected chi connectivity index (χ0v) is 18.1. The van der Waals surface area contributed by atoms with Gasteiger partial charge in [0.05, 0.1) is 11.3 Å². The fraction of sp³-hybridized carbons (Fsp3) is 0.320. The molecule has 1 unspecified atom stereocenters. The fourth-order valence-corrected chi connectivity index (χ4v) is 3.81. The molecule has 0 fully saturated rings. The summed E-state index contributed by atoms with van der Waals surface area (Å²) in [4.78, 5) is 34.2. The summed E-state index contributed by atoms with van der Waals surface area (Å²) in [6.07, 6.45) is 5.46. The SMILES string of the molecule is CCN(CC)CCCN1C(=O)C(O)=C(C(=O)/C=C/c2ccccc2)C1c1ccccn1. The van der Waals surface area contributed by atoms with E-state index in [1.54, 1.807) is 29.3 Å². The van der Waals surface area contributed by atoms with Gasteiger partial charge in [-0.25, -0.2) is 0 Å².